The number of fused-ring (bicyclic) bond motifs is 1. The molecule has 2 aromatic carbocycles. The van der Waals surface area contributed by atoms with Crippen molar-refractivity contribution in [3.63, 3.8) is 0 Å². The van der Waals surface area contributed by atoms with Crippen molar-refractivity contribution in [2.24, 2.45) is 0 Å². The molecule has 3 rings (SSSR count). The zero-order valence-electron chi connectivity index (χ0n) is 11.7. The topological polar surface area (TPSA) is 50.7 Å². The van der Waals surface area contributed by atoms with Crippen molar-refractivity contribution in [1.29, 1.82) is 0 Å². The standard InChI is InChI=1S/C17H19NO3/c19-15(13-6-2-1-3-7-13)11-18-10-14-12-20-16-8-4-5-9-17(16)21-14/h1-9,14-15,18-19H,10-12H2/t14-,15+/m0/s1. The van der Waals surface area contributed by atoms with Gasteiger partial charge in [0.05, 0.1) is 6.10 Å². The first-order valence-electron chi connectivity index (χ1n) is 7.15. The van der Waals surface area contributed by atoms with E-state index in [-0.39, 0.29) is 6.10 Å². The minimum absolute atomic E-state index is 0.0390. The van der Waals surface area contributed by atoms with Gasteiger partial charge in [-0.1, -0.05) is 42.5 Å². The lowest BCUT2D eigenvalue weighted by molar-refractivity contribution is 0.0858. The van der Waals surface area contributed by atoms with E-state index in [4.69, 9.17) is 9.47 Å². The van der Waals surface area contributed by atoms with Gasteiger partial charge >= 0.3 is 0 Å². The molecule has 2 aromatic rings. The summed E-state index contributed by atoms with van der Waals surface area (Å²) in [5.74, 6) is 1.57. The lowest BCUT2D eigenvalue weighted by Gasteiger charge is -2.27. The highest BCUT2D eigenvalue weighted by molar-refractivity contribution is 5.40. The molecule has 21 heavy (non-hydrogen) atoms. The van der Waals surface area contributed by atoms with Crippen LogP contribution in [0.25, 0.3) is 0 Å². The van der Waals surface area contributed by atoms with Crippen LogP contribution in [0.4, 0.5) is 0 Å². The maximum Gasteiger partial charge on any atom is 0.161 e. The number of ether oxygens (including phenoxy) is 2. The van der Waals surface area contributed by atoms with Crippen molar-refractivity contribution < 1.29 is 14.6 Å². The highest BCUT2D eigenvalue weighted by Gasteiger charge is 2.20. The number of aliphatic hydroxyl groups is 1. The van der Waals surface area contributed by atoms with E-state index in [1.165, 1.54) is 0 Å². The molecule has 0 amide bonds. The maximum absolute atomic E-state index is 10.1. The lowest BCUT2D eigenvalue weighted by Crippen LogP contribution is -2.39. The number of nitrogens with one attached hydrogen (secondary N) is 1. The van der Waals surface area contributed by atoms with E-state index in [2.05, 4.69) is 5.32 Å². The summed E-state index contributed by atoms with van der Waals surface area (Å²) in [6.45, 7) is 1.65. The summed E-state index contributed by atoms with van der Waals surface area (Å²) in [7, 11) is 0. The van der Waals surface area contributed by atoms with Crippen molar-refractivity contribution in [2.45, 2.75) is 12.2 Å². The Hall–Kier alpha value is -2.04. The monoisotopic (exact) mass is 285 g/mol. The predicted octanol–water partition coefficient (Wildman–Crippen LogP) is 2.15. The second-order valence-electron chi connectivity index (χ2n) is 5.08. The van der Waals surface area contributed by atoms with Gasteiger partial charge in [0.15, 0.2) is 11.5 Å². The molecule has 0 radical (unpaired) electrons. The van der Waals surface area contributed by atoms with Gasteiger partial charge in [0, 0.05) is 13.1 Å². The van der Waals surface area contributed by atoms with E-state index in [1.807, 2.05) is 54.6 Å². The van der Waals surface area contributed by atoms with Crippen molar-refractivity contribution in [1.82, 2.24) is 5.32 Å². The van der Waals surface area contributed by atoms with Crippen LogP contribution in [-0.2, 0) is 0 Å². The molecular weight excluding hydrogens is 266 g/mol. The van der Waals surface area contributed by atoms with Crippen molar-refractivity contribution >= 4 is 0 Å². The summed E-state index contributed by atoms with van der Waals surface area (Å²) in [5, 5.41) is 13.3. The summed E-state index contributed by atoms with van der Waals surface area (Å²) < 4.78 is 11.5. The number of aliphatic hydroxyl groups excluding tert-OH is 1. The van der Waals surface area contributed by atoms with Crippen molar-refractivity contribution in [3.05, 3.63) is 60.2 Å². The molecule has 110 valence electrons. The van der Waals surface area contributed by atoms with E-state index >= 15 is 0 Å². The fraction of sp³-hybridized carbons (Fsp3) is 0.294. The average molecular weight is 285 g/mol. The summed E-state index contributed by atoms with van der Waals surface area (Å²) in [5.41, 5.74) is 0.913. The van der Waals surface area contributed by atoms with Crippen LogP contribution in [-0.4, -0.2) is 30.9 Å². The first kappa shape index (κ1) is 13.9. The Labute approximate surface area is 124 Å². The third kappa shape index (κ3) is 3.54. The van der Waals surface area contributed by atoms with Crippen LogP contribution < -0.4 is 14.8 Å². The van der Waals surface area contributed by atoms with Gasteiger partial charge in [-0.05, 0) is 17.7 Å². The first-order chi connectivity index (χ1) is 10.3. The van der Waals surface area contributed by atoms with Crippen LogP contribution in [0.15, 0.2) is 54.6 Å². The quantitative estimate of drug-likeness (QED) is 0.884. The van der Waals surface area contributed by atoms with E-state index in [0.29, 0.717) is 19.7 Å². The molecule has 0 bridgehead atoms. The summed E-state index contributed by atoms with van der Waals surface area (Å²) in [6, 6.07) is 17.3. The fourth-order valence-corrected chi connectivity index (χ4v) is 2.34. The summed E-state index contributed by atoms with van der Waals surface area (Å²) >= 11 is 0. The van der Waals surface area contributed by atoms with Gasteiger partial charge in [0.25, 0.3) is 0 Å². The maximum atomic E-state index is 10.1. The number of rotatable bonds is 5. The van der Waals surface area contributed by atoms with Crippen LogP contribution in [0.5, 0.6) is 11.5 Å². The van der Waals surface area contributed by atoms with Crippen LogP contribution in [0, 0.1) is 0 Å². The normalized spacial score (nSPS) is 18.2. The Morgan fingerprint density at radius 3 is 2.57 bits per heavy atom. The summed E-state index contributed by atoms with van der Waals surface area (Å²) in [4.78, 5) is 0. The Bertz CT molecular complexity index is 573. The second-order valence-corrected chi connectivity index (χ2v) is 5.08. The predicted molar refractivity (Wildman–Crippen MR) is 80.6 cm³/mol. The Morgan fingerprint density at radius 2 is 1.76 bits per heavy atom. The number of hydrogen-bond donors (Lipinski definition) is 2. The molecule has 0 saturated heterocycles. The van der Waals surface area contributed by atoms with Crippen LogP contribution in [0.3, 0.4) is 0 Å². The van der Waals surface area contributed by atoms with Gasteiger partial charge < -0.3 is 19.9 Å². The van der Waals surface area contributed by atoms with E-state index in [0.717, 1.165) is 17.1 Å². The zero-order chi connectivity index (χ0) is 14.5. The van der Waals surface area contributed by atoms with Gasteiger partial charge in [0.2, 0.25) is 0 Å². The van der Waals surface area contributed by atoms with Gasteiger partial charge in [0.1, 0.15) is 12.7 Å². The minimum Gasteiger partial charge on any atom is -0.486 e. The minimum atomic E-state index is -0.511. The Balaban J connectivity index is 1.47. The Kier molecular flexibility index (Phi) is 4.38. The molecule has 0 fully saturated rings. The smallest absolute Gasteiger partial charge is 0.161 e. The molecule has 0 aromatic heterocycles. The fourth-order valence-electron chi connectivity index (χ4n) is 2.34. The van der Waals surface area contributed by atoms with Gasteiger partial charge in [-0.15, -0.1) is 0 Å². The highest BCUT2D eigenvalue weighted by atomic mass is 16.6. The molecular formula is C17H19NO3. The van der Waals surface area contributed by atoms with Crippen molar-refractivity contribution in [3.8, 4) is 11.5 Å². The second kappa shape index (κ2) is 6.61. The lowest BCUT2D eigenvalue weighted by atomic mass is 10.1. The van der Waals surface area contributed by atoms with Crippen LogP contribution in [0.1, 0.15) is 11.7 Å². The molecule has 2 N–H and O–H groups in total. The van der Waals surface area contributed by atoms with Crippen LogP contribution in [0.2, 0.25) is 0 Å². The highest BCUT2D eigenvalue weighted by Crippen LogP contribution is 2.30. The van der Waals surface area contributed by atoms with Gasteiger partial charge in [-0.2, -0.15) is 0 Å². The summed E-state index contributed by atoms with van der Waals surface area (Å²) in [6.07, 6.45) is -0.550. The van der Waals surface area contributed by atoms with E-state index < -0.39 is 6.10 Å². The van der Waals surface area contributed by atoms with Gasteiger partial charge in [-0.3, -0.25) is 0 Å². The van der Waals surface area contributed by atoms with E-state index in [9.17, 15) is 5.11 Å². The molecule has 0 aliphatic carbocycles. The van der Waals surface area contributed by atoms with Crippen LogP contribution >= 0.6 is 0 Å². The molecule has 1 heterocycles. The van der Waals surface area contributed by atoms with E-state index in [1.54, 1.807) is 0 Å². The molecule has 0 spiro atoms. The molecule has 1 aliphatic rings. The number of para-hydroxylation sites is 2. The molecule has 0 saturated carbocycles. The molecule has 4 nitrogen and oxygen atoms in total. The third-order valence-corrected chi connectivity index (χ3v) is 3.46. The Morgan fingerprint density at radius 1 is 1.05 bits per heavy atom. The zero-order valence-corrected chi connectivity index (χ0v) is 11.7. The van der Waals surface area contributed by atoms with Gasteiger partial charge in [-0.25, -0.2) is 0 Å². The largest absolute Gasteiger partial charge is 0.486 e. The van der Waals surface area contributed by atoms with Crippen molar-refractivity contribution in [2.75, 3.05) is 19.7 Å². The first-order valence-corrected chi connectivity index (χ1v) is 7.15. The molecule has 4 heteroatoms. The number of hydrogen-bond acceptors (Lipinski definition) is 4. The molecule has 0 unspecified atom stereocenters. The average Bonchev–Trinajstić information content (AvgIpc) is 2.55. The third-order valence-electron chi connectivity index (χ3n) is 3.46. The molecule has 1 aliphatic heterocycles. The SMILES string of the molecule is O[C@H](CNC[C@H]1COc2ccccc2O1)c1ccccc1. The number of benzene rings is 2. The molecule has 2 atom stereocenters.